The smallest absolute Gasteiger partial charge is 0.306 e. The van der Waals surface area contributed by atoms with Crippen molar-refractivity contribution in [1.82, 2.24) is 9.38 Å². The fourth-order valence-electron chi connectivity index (χ4n) is 2.20. The van der Waals surface area contributed by atoms with Crippen molar-refractivity contribution < 1.29 is 30.7 Å². The van der Waals surface area contributed by atoms with E-state index in [4.69, 9.17) is 0 Å². The molecule has 3 aromatic rings. The number of pyridine rings is 1. The first-order chi connectivity index (χ1) is 11.1. The molecule has 0 fully saturated rings. The number of alkyl halides is 6. The Labute approximate surface area is 130 Å². The first-order valence-corrected chi connectivity index (χ1v) is 6.49. The maximum Gasteiger partial charge on any atom is 0.419 e. The van der Waals surface area contributed by atoms with Crippen molar-refractivity contribution in [3.63, 3.8) is 0 Å². The topological polar surface area (TPSA) is 17.3 Å². The summed E-state index contributed by atoms with van der Waals surface area (Å²) in [6.45, 7) is 0. The average molecular weight is 348 g/mol. The van der Waals surface area contributed by atoms with E-state index in [1.165, 1.54) is 10.6 Å². The number of benzene rings is 1. The van der Waals surface area contributed by atoms with Gasteiger partial charge in [-0.25, -0.2) is 9.37 Å². The number of fused-ring (bicyclic) bond motifs is 1. The molecule has 0 amide bonds. The van der Waals surface area contributed by atoms with E-state index in [0.717, 1.165) is 24.4 Å². The maximum atomic E-state index is 13.3. The Balaban J connectivity index is 2.10. The molecule has 0 radical (unpaired) electrons. The lowest BCUT2D eigenvalue weighted by Gasteiger charge is -2.08. The number of imidazole rings is 1. The van der Waals surface area contributed by atoms with Crippen LogP contribution in [0.15, 0.2) is 42.7 Å². The molecule has 2 aromatic heterocycles. The second-order valence-electron chi connectivity index (χ2n) is 5.00. The third-order valence-corrected chi connectivity index (χ3v) is 3.36. The van der Waals surface area contributed by atoms with Crippen molar-refractivity contribution in [3.05, 3.63) is 59.7 Å². The number of aromatic nitrogens is 2. The van der Waals surface area contributed by atoms with Crippen LogP contribution in [0.4, 0.5) is 30.7 Å². The molecular weight excluding hydrogens is 341 g/mol. The number of hydrogen-bond acceptors (Lipinski definition) is 1. The summed E-state index contributed by atoms with van der Waals surface area (Å²) in [6, 6.07) is 3.89. The molecule has 126 valence electrons. The number of nitrogens with zero attached hydrogens (tertiary/aromatic N) is 2. The Morgan fingerprint density at radius 1 is 0.875 bits per heavy atom. The fraction of sp³-hybridized carbons (Fsp3) is 0.133. The van der Waals surface area contributed by atoms with Gasteiger partial charge in [0.15, 0.2) is 0 Å². The van der Waals surface area contributed by atoms with E-state index in [9.17, 15) is 30.7 Å². The summed E-state index contributed by atoms with van der Waals surface area (Å²) in [7, 11) is 0. The molecular formula is C15H7F7N2. The SMILES string of the molecule is Fc1ccc(-c2cn3ccc(C(F)(F)F)cc3n2)cc1C(F)(F)F. The molecule has 0 atom stereocenters. The van der Waals surface area contributed by atoms with Crippen molar-refractivity contribution in [1.29, 1.82) is 0 Å². The van der Waals surface area contributed by atoms with E-state index in [0.29, 0.717) is 12.1 Å². The summed E-state index contributed by atoms with van der Waals surface area (Å²) in [5.41, 5.74) is -2.53. The van der Waals surface area contributed by atoms with Gasteiger partial charge >= 0.3 is 12.4 Å². The molecule has 0 bridgehead atoms. The summed E-state index contributed by atoms with van der Waals surface area (Å²) in [5, 5.41) is 0. The van der Waals surface area contributed by atoms with Gasteiger partial charge in [-0.2, -0.15) is 26.3 Å². The molecule has 0 unspecified atom stereocenters. The van der Waals surface area contributed by atoms with Crippen LogP contribution in [0.2, 0.25) is 0 Å². The van der Waals surface area contributed by atoms with Crippen molar-refractivity contribution >= 4 is 5.65 Å². The van der Waals surface area contributed by atoms with Crippen LogP contribution in [-0.2, 0) is 12.4 Å². The van der Waals surface area contributed by atoms with Gasteiger partial charge in [-0.05, 0) is 30.3 Å². The number of rotatable bonds is 1. The standard InChI is InChI=1S/C15H7F7N2/c16-11-2-1-8(5-10(11)15(20,21)22)12-7-24-4-3-9(14(17,18)19)6-13(24)23-12/h1-7H. The lowest BCUT2D eigenvalue weighted by molar-refractivity contribution is -0.140. The lowest BCUT2D eigenvalue weighted by atomic mass is 10.1. The predicted octanol–water partition coefficient (Wildman–Crippen LogP) is 5.18. The highest BCUT2D eigenvalue weighted by Crippen LogP contribution is 2.34. The molecule has 0 aliphatic heterocycles. The lowest BCUT2D eigenvalue weighted by Crippen LogP contribution is -2.08. The van der Waals surface area contributed by atoms with E-state index < -0.39 is 29.3 Å². The van der Waals surface area contributed by atoms with Crippen LogP contribution < -0.4 is 0 Å². The van der Waals surface area contributed by atoms with Crippen LogP contribution in [0, 0.1) is 5.82 Å². The molecule has 9 heteroatoms. The zero-order valence-corrected chi connectivity index (χ0v) is 11.6. The average Bonchev–Trinajstić information content (AvgIpc) is 2.88. The Hall–Kier alpha value is -2.58. The largest absolute Gasteiger partial charge is 0.419 e. The van der Waals surface area contributed by atoms with Gasteiger partial charge in [0.1, 0.15) is 11.5 Å². The van der Waals surface area contributed by atoms with Gasteiger partial charge in [0.05, 0.1) is 16.8 Å². The molecule has 1 aromatic carbocycles. The molecule has 3 rings (SSSR count). The van der Waals surface area contributed by atoms with Gasteiger partial charge in [-0.15, -0.1) is 0 Å². The maximum absolute atomic E-state index is 13.3. The normalized spacial score (nSPS) is 12.8. The van der Waals surface area contributed by atoms with Crippen molar-refractivity contribution in [2.75, 3.05) is 0 Å². The Bertz CT molecular complexity index is 906. The van der Waals surface area contributed by atoms with Gasteiger partial charge < -0.3 is 4.40 Å². The monoisotopic (exact) mass is 348 g/mol. The molecule has 0 spiro atoms. The zero-order chi connectivity index (χ0) is 17.7. The minimum absolute atomic E-state index is 0.000163. The van der Waals surface area contributed by atoms with E-state index in [1.54, 1.807) is 0 Å². The van der Waals surface area contributed by atoms with Gasteiger partial charge in [0.25, 0.3) is 0 Å². The molecule has 0 aliphatic rings. The molecule has 0 aliphatic carbocycles. The minimum Gasteiger partial charge on any atom is -0.306 e. The van der Waals surface area contributed by atoms with Gasteiger partial charge in [-0.3, -0.25) is 0 Å². The van der Waals surface area contributed by atoms with Crippen LogP contribution >= 0.6 is 0 Å². The Morgan fingerprint density at radius 3 is 2.21 bits per heavy atom. The highest BCUT2D eigenvalue weighted by molar-refractivity contribution is 5.64. The molecule has 2 nitrogen and oxygen atoms in total. The van der Waals surface area contributed by atoms with Gasteiger partial charge in [-0.1, -0.05) is 0 Å². The van der Waals surface area contributed by atoms with Crippen molar-refractivity contribution in [2.45, 2.75) is 12.4 Å². The van der Waals surface area contributed by atoms with E-state index >= 15 is 0 Å². The van der Waals surface area contributed by atoms with Crippen LogP contribution in [0.1, 0.15) is 11.1 Å². The Kier molecular flexibility index (Phi) is 3.54. The second kappa shape index (κ2) is 5.22. The van der Waals surface area contributed by atoms with Crippen molar-refractivity contribution in [3.8, 4) is 11.3 Å². The third-order valence-electron chi connectivity index (χ3n) is 3.36. The first-order valence-electron chi connectivity index (χ1n) is 6.49. The first kappa shape index (κ1) is 16.3. The highest BCUT2D eigenvalue weighted by atomic mass is 19.4. The zero-order valence-electron chi connectivity index (χ0n) is 11.6. The third kappa shape index (κ3) is 2.93. The van der Waals surface area contributed by atoms with Crippen LogP contribution in [0.5, 0.6) is 0 Å². The molecule has 0 N–H and O–H groups in total. The van der Waals surface area contributed by atoms with E-state index in [-0.39, 0.29) is 16.9 Å². The summed E-state index contributed by atoms with van der Waals surface area (Å²) < 4.78 is 90.8. The molecule has 0 saturated carbocycles. The van der Waals surface area contributed by atoms with Crippen molar-refractivity contribution in [2.24, 2.45) is 0 Å². The van der Waals surface area contributed by atoms with E-state index in [1.807, 2.05) is 0 Å². The molecule has 0 saturated heterocycles. The van der Waals surface area contributed by atoms with Crippen LogP contribution in [-0.4, -0.2) is 9.38 Å². The van der Waals surface area contributed by atoms with Crippen LogP contribution in [0.25, 0.3) is 16.9 Å². The quantitative estimate of drug-likeness (QED) is 0.554. The fourth-order valence-corrected chi connectivity index (χ4v) is 2.20. The molecule has 2 heterocycles. The van der Waals surface area contributed by atoms with E-state index in [2.05, 4.69) is 4.98 Å². The Morgan fingerprint density at radius 2 is 1.58 bits per heavy atom. The summed E-state index contributed by atoms with van der Waals surface area (Å²) >= 11 is 0. The predicted molar refractivity (Wildman–Crippen MR) is 70.6 cm³/mol. The molecule has 24 heavy (non-hydrogen) atoms. The van der Waals surface area contributed by atoms with Crippen LogP contribution in [0.3, 0.4) is 0 Å². The summed E-state index contributed by atoms with van der Waals surface area (Å²) in [6.07, 6.45) is -7.08. The summed E-state index contributed by atoms with van der Waals surface area (Å²) in [4.78, 5) is 3.88. The highest BCUT2D eigenvalue weighted by Gasteiger charge is 2.34. The van der Waals surface area contributed by atoms with Gasteiger partial charge in [0.2, 0.25) is 0 Å². The number of hydrogen-bond donors (Lipinski definition) is 0. The second-order valence-corrected chi connectivity index (χ2v) is 5.00. The number of halogens is 7. The van der Waals surface area contributed by atoms with Gasteiger partial charge in [0, 0.05) is 18.0 Å². The summed E-state index contributed by atoms with van der Waals surface area (Å²) in [5.74, 6) is -1.44. The minimum atomic E-state index is -4.89.